The van der Waals surface area contributed by atoms with E-state index in [9.17, 15) is 9.59 Å². The summed E-state index contributed by atoms with van der Waals surface area (Å²) in [7, 11) is 1.37. The van der Waals surface area contributed by atoms with Crippen molar-refractivity contribution in [2.45, 2.75) is 33.2 Å². The number of aryl methyl sites for hydroxylation is 1. The Balaban J connectivity index is 1.41. The van der Waals surface area contributed by atoms with Gasteiger partial charge in [-0.15, -0.1) is 0 Å². The number of ether oxygens (including phenoxy) is 2. The normalized spacial score (nSPS) is 11.5. The van der Waals surface area contributed by atoms with Crippen molar-refractivity contribution in [1.82, 2.24) is 0 Å². The number of carbonyl (C=O) groups excluding carboxylic acids is 2. The molecule has 6 heteroatoms. The zero-order chi connectivity index (χ0) is 29.9. The predicted molar refractivity (Wildman–Crippen MR) is 170 cm³/mol. The van der Waals surface area contributed by atoms with E-state index >= 15 is 0 Å². The molecule has 0 aliphatic rings. The number of nitrogens with zero attached hydrogens (tertiary/aromatic N) is 1. The van der Waals surface area contributed by atoms with E-state index in [1.807, 2.05) is 60.7 Å². The number of carbonyl (C=O) groups is 2. The van der Waals surface area contributed by atoms with Crippen LogP contribution < -0.4 is 15.0 Å². The Hall–Kier alpha value is -4.58. The third-order valence-electron chi connectivity index (χ3n) is 7.06. The van der Waals surface area contributed by atoms with Gasteiger partial charge in [0.05, 0.1) is 13.7 Å². The fourth-order valence-corrected chi connectivity index (χ4v) is 4.98. The van der Waals surface area contributed by atoms with Gasteiger partial charge in [-0.3, -0.25) is 4.79 Å². The molecule has 0 fully saturated rings. The maximum Gasteiger partial charge on any atom is 0.328 e. The molecular weight excluding hydrogens is 524 g/mol. The largest absolute Gasteiger partial charge is 0.492 e. The minimum absolute atomic E-state index is 0.113. The van der Waals surface area contributed by atoms with Crippen LogP contribution in [0.4, 0.5) is 11.4 Å². The third kappa shape index (κ3) is 8.23. The van der Waals surface area contributed by atoms with E-state index in [2.05, 4.69) is 55.3 Å². The van der Waals surface area contributed by atoms with E-state index < -0.39 is 12.0 Å². The van der Waals surface area contributed by atoms with Gasteiger partial charge in [0.1, 0.15) is 18.4 Å². The summed E-state index contributed by atoms with van der Waals surface area (Å²) in [4.78, 5) is 28.3. The highest BCUT2D eigenvalue weighted by atomic mass is 16.5. The molecule has 4 aromatic rings. The number of nitrogens with one attached hydrogen (secondary N) is 1. The summed E-state index contributed by atoms with van der Waals surface area (Å²) >= 11 is 0. The van der Waals surface area contributed by atoms with Gasteiger partial charge in [-0.25, -0.2) is 4.79 Å². The summed E-state index contributed by atoms with van der Waals surface area (Å²) in [5, 5.41) is 3.26. The van der Waals surface area contributed by atoms with Gasteiger partial charge in [-0.2, -0.15) is 0 Å². The molecule has 0 aromatic heterocycles. The lowest BCUT2D eigenvalue weighted by Crippen LogP contribution is -2.33. The van der Waals surface area contributed by atoms with Crippen molar-refractivity contribution in [3.8, 4) is 5.75 Å². The summed E-state index contributed by atoms with van der Waals surface area (Å²) in [5.74, 6) is 0.787. The van der Waals surface area contributed by atoms with Gasteiger partial charge in [0.2, 0.25) is 0 Å². The summed E-state index contributed by atoms with van der Waals surface area (Å²) in [6, 6.07) is 31.9. The van der Waals surface area contributed by atoms with Crippen LogP contribution in [0.5, 0.6) is 5.75 Å². The lowest BCUT2D eigenvalue weighted by Gasteiger charge is -2.28. The lowest BCUT2D eigenvalue weighted by molar-refractivity contribution is -0.141. The van der Waals surface area contributed by atoms with Gasteiger partial charge >= 0.3 is 5.97 Å². The number of ketones is 1. The number of esters is 1. The van der Waals surface area contributed by atoms with Crippen LogP contribution in [0.25, 0.3) is 0 Å². The molecule has 4 rings (SSSR count). The zero-order valence-corrected chi connectivity index (χ0v) is 24.9. The highest BCUT2D eigenvalue weighted by Gasteiger charge is 2.22. The second-order valence-corrected chi connectivity index (χ2v) is 10.8. The molecular formula is C36H40N2O4. The Kier molecular flexibility index (Phi) is 10.8. The van der Waals surface area contributed by atoms with Crippen molar-refractivity contribution < 1.29 is 19.1 Å². The standard InChI is InChI=1S/C36H40N2O4/c1-26(2)25-38(34-17-11-8-12-27(34)3)22-23-42-30-20-18-28(19-21-30)24-33(36(40)41-4)37-32-16-10-9-15-31(32)35(39)29-13-6-5-7-14-29/h5-21,26,33,37H,22-25H2,1-4H3/t33-/m0/s1. The van der Waals surface area contributed by atoms with E-state index in [0.717, 1.165) is 24.4 Å². The van der Waals surface area contributed by atoms with Gasteiger partial charge in [-0.05, 0) is 54.3 Å². The van der Waals surface area contributed by atoms with Crippen LogP contribution in [0.2, 0.25) is 0 Å². The second kappa shape index (κ2) is 14.9. The molecule has 218 valence electrons. The van der Waals surface area contributed by atoms with Gasteiger partial charge in [-0.1, -0.05) is 86.6 Å². The third-order valence-corrected chi connectivity index (χ3v) is 7.06. The highest BCUT2D eigenvalue weighted by Crippen LogP contribution is 2.23. The van der Waals surface area contributed by atoms with E-state index in [1.54, 1.807) is 18.2 Å². The lowest BCUT2D eigenvalue weighted by atomic mass is 10.00. The van der Waals surface area contributed by atoms with Crippen molar-refractivity contribution in [1.29, 1.82) is 0 Å². The SMILES string of the molecule is COC(=O)[C@H](Cc1ccc(OCCN(CC(C)C)c2ccccc2C)cc1)Nc1ccccc1C(=O)c1ccccc1. The minimum atomic E-state index is -0.676. The van der Waals surface area contributed by atoms with Crippen LogP contribution in [-0.4, -0.2) is 44.6 Å². The first-order chi connectivity index (χ1) is 20.4. The molecule has 1 atom stereocenters. The average molecular weight is 565 g/mol. The molecule has 4 aromatic carbocycles. The zero-order valence-electron chi connectivity index (χ0n) is 24.9. The van der Waals surface area contributed by atoms with Crippen molar-refractivity contribution in [2.75, 3.05) is 37.0 Å². The van der Waals surface area contributed by atoms with Crippen LogP contribution in [0.15, 0.2) is 103 Å². The van der Waals surface area contributed by atoms with E-state index in [1.165, 1.54) is 18.4 Å². The summed E-state index contributed by atoms with van der Waals surface area (Å²) in [6.45, 7) is 8.87. The van der Waals surface area contributed by atoms with Crippen LogP contribution >= 0.6 is 0 Å². The molecule has 0 spiro atoms. The van der Waals surface area contributed by atoms with Crippen molar-refractivity contribution in [3.05, 3.63) is 125 Å². The number of methoxy groups -OCH3 is 1. The maximum atomic E-state index is 13.2. The molecule has 6 nitrogen and oxygen atoms in total. The summed E-state index contributed by atoms with van der Waals surface area (Å²) < 4.78 is 11.2. The molecule has 0 aliphatic carbocycles. The van der Waals surface area contributed by atoms with E-state index in [4.69, 9.17) is 9.47 Å². The van der Waals surface area contributed by atoms with Gasteiger partial charge in [0.15, 0.2) is 5.78 Å². The average Bonchev–Trinajstić information content (AvgIpc) is 3.01. The number of rotatable bonds is 14. The summed E-state index contributed by atoms with van der Waals surface area (Å²) in [5.41, 5.74) is 5.10. The molecule has 0 bridgehead atoms. The Bertz CT molecular complexity index is 1450. The van der Waals surface area contributed by atoms with Crippen LogP contribution in [0.3, 0.4) is 0 Å². The number of anilines is 2. The van der Waals surface area contributed by atoms with Gasteiger partial charge in [0.25, 0.3) is 0 Å². The Labute approximate surface area is 249 Å². The monoisotopic (exact) mass is 564 g/mol. The van der Waals surface area contributed by atoms with E-state index in [0.29, 0.717) is 35.8 Å². The van der Waals surface area contributed by atoms with Crippen molar-refractivity contribution >= 4 is 23.1 Å². The number of benzene rings is 4. The topological polar surface area (TPSA) is 67.9 Å². The number of para-hydroxylation sites is 2. The molecule has 0 aliphatic heterocycles. The first kappa shape index (κ1) is 30.4. The Morgan fingerprint density at radius 1 is 0.833 bits per heavy atom. The van der Waals surface area contributed by atoms with Crippen LogP contribution in [0, 0.1) is 12.8 Å². The Morgan fingerprint density at radius 2 is 1.50 bits per heavy atom. The summed E-state index contributed by atoms with van der Waals surface area (Å²) in [6.07, 6.45) is 0.385. The second-order valence-electron chi connectivity index (χ2n) is 10.8. The first-order valence-electron chi connectivity index (χ1n) is 14.4. The van der Waals surface area contributed by atoms with Crippen molar-refractivity contribution in [2.24, 2.45) is 5.92 Å². The molecule has 0 radical (unpaired) electrons. The smallest absolute Gasteiger partial charge is 0.328 e. The molecule has 0 saturated heterocycles. The first-order valence-corrected chi connectivity index (χ1v) is 14.4. The minimum Gasteiger partial charge on any atom is -0.492 e. The molecule has 42 heavy (non-hydrogen) atoms. The molecule has 0 saturated carbocycles. The molecule has 0 unspecified atom stereocenters. The highest BCUT2D eigenvalue weighted by molar-refractivity contribution is 6.12. The predicted octanol–water partition coefficient (Wildman–Crippen LogP) is 6.96. The van der Waals surface area contributed by atoms with Crippen molar-refractivity contribution in [3.63, 3.8) is 0 Å². The maximum absolute atomic E-state index is 13.2. The molecule has 0 amide bonds. The molecule has 0 heterocycles. The van der Waals surface area contributed by atoms with Crippen LogP contribution in [0.1, 0.15) is 40.9 Å². The van der Waals surface area contributed by atoms with Gasteiger partial charge < -0.3 is 19.7 Å². The fraction of sp³-hybridized carbons (Fsp3) is 0.278. The Morgan fingerprint density at radius 3 is 2.19 bits per heavy atom. The number of hydrogen-bond donors (Lipinski definition) is 1. The fourth-order valence-electron chi connectivity index (χ4n) is 4.98. The number of hydrogen-bond acceptors (Lipinski definition) is 6. The quantitative estimate of drug-likeness (QED) is 0.132. The van der Waals surface area contributed by atoms with Gasteiger partial charge in [0, 0.05) is 35.5 Å². The molecule has 1 N–H and O–H groups in total. The van der Waals surface area contributed by atoms with Crippen LogP contribution in [-0.2, 0) is 16.0 Å². The van der Waals surface area contributed by atoms with E-state index in [-0.39, 0.29) is 5.78 Å².